The van der Waals surface area contributed by atoms with Gasteiger partial charge in [-0.2, -0.15) is 4.98 Å². The first-order chi connectivity index (χ1) is 11.2. The van der Waals surface area contributed by atoms with Gasteiger partial charge in [-0.3, -0.25) is 0 Å². The normalized spacial score (nSPS) is 10.3. The van der Waals surface area contributed by atoms with Gasteiger partial charge < -0.3 is 10.2 Å². The van der Waals surface area contributed by atoms with E-state index in [9.17, 15) is 0 Å². The molecule has 0 bridgehead atoms. The molecular formula is C18H17ClN4. The highest BCUT2D eigenvalue weighted by molar-refractivity contribution is 6.30. The van der Waals surface area contributed by atoms with Crippen molar-refractivity contribution in [1.29, 1.82) is 0 Å². The summed E-state index contributed by atoms with van der Waals surface area (Å²) in [7, 11) is 1.99. The summed E-state index contributed by atoms with van der Waals surface area (Å²) in [4.78, 5) is 10.9. The topological polar surface area (TPSA) is 41.1 Å². The first-order valence-corrected chi connectivity index (χ1v) is 7.70. The van der Waals surface area contributed by atoms with E-state index in [0.29, 0.717) is 12.5 Å². The maximum absolute atomic E-state index is 5.89. The van der Waals surface area contributed by atoms with E-state index in [1.807, 2.05) is 72.6 Å². The number of aromatic nitrogens is 2. The zero-order valence-electron chi connectivity index (χ0n) is 12.8. The first-order valence-electron chi connectivity index (χ1n) is 7.32. The molecule has 0 aliphatic rings. The molecule has 2 aromatic carbocycles. The van der Waals surface area contributed by atoms with Crippen LogP contribution >= 0.6 is 11.6 Å². The van der Waals surface area contributed by atoms with E-state index in [1.54, 1.807) is 6.20 Å². The van der Waals surface area contributed by atoms with E-state index >= 15 is 0 Å². The number of para-hydroxylation sites is 1. The fourth-order valence-corrected chi connectivity index (χ4v) is 2.31. The second-order valence-corrected chi connectivity index (χ2v) is 5.55. The molecule has 1 N–H and O–H groups in total. The molecule has 0 amide bonds. The van der Waals surface area contributed by atoms with Crippen LogP contribution in [0.15, 0.2) is 66.9 Å². The predicted molar refractivity (Wildman–Crippen MR) is 95.3 cm³/mol. The second kappa shape index (κ2) is 7.11. The molecule has 0 fully saturated rings. The number of benzene rings is 2. The Kier molecular flexibility index (Phi) is 4.74. The van der Waals surface area contributed by atoms with Gasteiger partial charge in [0.15, 0.2) is 0 Å². The maximum atomic E-state index is 5.89. The highest BCUT2D eigenvalue weighted by Crippen LogP contribution is 2.21. The zero-order valence-corrected chi connectivity index (χ0v) is 13.5. The van der Waals surface area contributed by atoms with Crippen LogP contribution < -0.4 is 10.2 Å². The largest absolute Gasteiger partial charge is 0.350 e. The van der Waals surface area contributed by atoms with Gasteiger partial charge in [0, 0.05) is 30.5 Å². The van der Waals surface area contributed by atoms with Crippen LogP contribution in [0.3, 0.4) is 0 Å². The number of rotatable bonds is 5. The monoisotopic (exact) mass is 324 g/mol. The van der Waals surface area contributed by atoms with Crippen molar-refractivity contribution in [1.82, 2.24) is 9.97 Å². The van der Waals surface area contributed by atoms with Gasteiger partial charge in [0.05, 0.1) is 0 Å². The quantitative estimate of drug-likeness (QED) is 0.749. The molecule has 5 heteroatoms. The number of nitrogens with zero attached hydrogens (tertiary/aromatic N) is 3. The van der Waals surface area contributed by atoms with E-state index in [0.717, 1.165) is 22.1 Å². The third-order valence-corrected chi connectivity index (χ3v) is 3.74. The Bertz CT molecular complexity index is 759. The van der Waals surface area contributed by atoms with Gasteiger partial charge in [-0.05, 0) is 35.9 Å². The van der Waals surface area contributed by atoms with Crippen molar-refractivity contribution < 1.29 is 0 Å². The summed E-state index contributed by atoms with van der Waals surface area (Å²) in [5.41, 5.74) is 2.20. The number of nitrogens with one attached hydrogen (secondary N) is 1. The molecule has 1 heterocycles. The van der Waals surface area contributed by atoms with Crippen LogP contribution in [0.1, 0.15) is 5.56 Å². The molecule has 0 saturated heterocycles. The lowest BCUT2D eigenvalue weighted by molar-refractivity contribution is 1.03. The van der Waals surface area contributed by atoms with Crippen LogP contribution in [-0.2, 0) is 6.54 Å². The molecular weight excluding hydrogens is 308 g/mol. The van der Waals surface area contributed by atoms with E-state index in [2.05, 4.69) is 15.3 Å². The molecule has 4 nitrogen and oxygen atoms in total. The highest BCUT2D eigenvalue weighted by atomic mass is 35.5. The molecule has 0 spiro atoms. The van der Waals surface area contributed by atoms with E-state index in [4.69, 9.17) is 11.6 Å². The van der Waals surface area contributed by atoms with Crippen molar-refractivity contribution in [2.45, 2.75) is 6.54 Å². The van der Waals surface area contributed by atoms with Crippen molar-refractivity contribution in [2.24, 2.45) is 0 Å². The van der Waals surface area contributed by atoms with Crippen molar-refractivity contribution in [3.63, 3.8) is 0 Å². The summed E-state index contributed by atoms with van der Waals surface area (Å²) < 4.78 is 0. The molecule has 1 aromatic heterocycles. The maximum Gasteiger partial charge on any atom is 0.224 e. The summed E-state index contributed by atoms with van der Waals surface area (Å²) in [5, 5.41) is 3.97. The lowest BCUT2D eigenvalue weighted by atomic mass is 10.2. The molecule has 0 radical (unpaired) electrons. The average molecular weight is 325 g/mol. The van der Waals surface area contributed by atoms with Crippen LogP contribution in [0.5, 0.6) is 0 Å². The van der Waals surface area contributed by atoms with Gasteiger partial charge in [-0.1, -0.05) is 41.9 Å². The third kappa shape index (κ3) is 3.99. The summed E-state index contributed by atoms with van der Waals surface area (Å²) in [5.74, 6) is 1.44. The standard InChI is InChI=1S/C18H17ClN4/c1-23(16-5-3-2-4-6-16)17-11-12-20-18(22-17)21-13-14-7-9-15(19)10-8-14/h2-12H,13H2,1H3,(H,20,21,22). The van der Waals surface area contributed by atoms with Gasteiger partial charge in [0.25, 0.3) is 0 Å². The minimum atomic E-state index is 0.597. The lowest BCUT2D eigenvalue weighted by Crippen LogP contribution is -2.13. The summed E-state index contributed by atoms with van der Waals surface area (Å²) in [6, 6.07) is 19.7. The molecule has 0 saturated carbocycles. The van der Waals surface area contributed by atoms with Crippen molar-refractivity contribution in [3.8, 4) is 0 Å². The van der Waals surface area contributed by atoms with E-state index in [-0.39, 0.29) is 0 Å². The third-order valence-electron chi connectivity index (χ3n) is 3.49. The molecule has 23 heavy (non-hydrogen) atoms. The Hall–Kier alpha value is -2.59. The molecule has 0 unspecified atom stereocenters. The SMILES string of the molecule is CN(c1ccccc1)c1ccnc(NCc2ccc(Cl)cc2)n1. The average Bonchev–Trinajstić information content (AvgIpc) is 2.61. The molecule has 0 aliphatic heterocycles. The van der Waals surface area contributed by atoms with Gasteiger partial charge in [0.1, 0.15) is 5.82 Å². The minimum Gasteiger partial charge on any atom is -0.350 e. The Morgan fingerprint density at radius 3 is 2.48 bits per heavy atom. The summed E-state index contributed by atoms with van der Waals surface area (Å²) in [6.45, 7) is 0.648. The minimum absolute atomic E-state index is 0.597. The first kappa shape index (κ1) is 15.3. The Morgan fingerprint density at radius 1 is 1.00 bits per heavy atom. The molecule has 0 aliphatic carbocycles. The number of halogens is 1. The van der Waals surface area contributed by atoms with Crippen LogP contribution in [0.4, 0.5) is 17.5 Å². The van der Waals surface area contributed by atoms with Gasteiger partial charge >= 0.3 is 0 Å². The highest BCUT2D eigenvalue weighted by Gasteiger charge is 2.06. The van der Waals surface area contributed by atoms with Crippen molar-refractivity contribution >= 4 is 29.1 Å². The molecule has 116 valence electrons. The number of hydrogen-bond donors (Lipinski definition) is 1. The fraction of sp³-hybridized carbons (Fsp3) is 0.111. The van der Waals surface area contributed by atoms with E-state index in [1.165, 1.54) is 0 Å². The fourth-order valence-electron chi connectivity index (χ4n) is 2.19. The Morgan fingerprint density at radius 2 is 1.74 bits per heavy atom. The number of anilines is 3. The molecule has 3 aromatic rings. The summed E-state index contributed by atoms with van der Waals surface area (Å²) >= 11 is 5.89. The lowest BCUT2D eigenvalue weighted by Gasteiger charge is -2.18. The second-order valence-electron chi connectivity index (χ2n) is 5.11. The predicted octanol–water partition coefficient (Wildman–Crippen LogP) is 4.51. The summed E-state index contributed by atoms with van der Waals surface area (Å²) in [6.07, 6.45) is 1.76. The van der Waals surface area contributed by atoms with Crippen LogP contribution in [-0.4, -0.2) is 17.0 Å². The Labute approximate surface area is 140 Å². The van der Waals surface area contributed by atoms with Gasteiger partial charge in [-0.15, -0.1) is 0 Å². The van der Waals surface area contributed by atoms with Crippen LogP contribution in [0.25, 0.3) is 0 Å². The van der Waals surface area contributed by atoms with Crippen LogP contribution in [0, 0.1) is 0 Å². The molecule has 3 rings (SSSR count). The van der Waals surface area contributed by atoms with Crippen molar-refractivity contribution in [2.75, 3.05) is 17.3 Å². The Balaban J connectivity index is 1.71. The smallest absolute Gasteiger partial charge is 0.224 e. The van der Waals surface area contributed by atoms with Crippen LogP contribution in [0.2, 0.25) is 5.02 Å². The molecule has 0 atom stereocenters. The zero-order chi connectivity index (χ0) is 16.1. The van der Waals surface area contributed by atoms with Gasteiger partial charge in [0.2, 0.25) is 5.95 Å². The number of hydrogen-bond acceptors (Lipinski definition) is 4. The van der Waals surface area contributed by atoms with Gasteiger partial charge in [-0.25, -0.2) is 4.98 Å². The van der Waals surface area contributed by atoms with E-state index < -0.39 is 0 Å². The van der Waals surface area contributed by atoms with Crippen molar-refractivity contribution in [3.05, 3.63) is 77.4 Å².